The summed E-state index contributed by atoms with van der Waals surface area (Å²) in [5, 5.41) is 0. The Morgan fingerprint density at radius 1 is 0.833 bits per heavy atom. The minimum atomic E-state index is -0.421. The second-order valence-corrected chi connectivity index (χ2v) is 9.93. The first-order valence-corrected chi connectivity index (χ1v) is 12.1. The minimum Gasteiger partial charge on any atom is -0.206 e. The van der Waals surface area contributed by atoms with Gasteiger partial charge in [0.15, 0.2) is 0 Å². The van der Waals surface area contributed by atoms with Crippen LogP contribution in [0.2, 0.25) is 0 Å². The highest BCUT2D eigenvalue weighted by atomic mass is 19.1. The number of hydrogen-bond acceptors (Lipinski definition) is 0. The van der Waals surface area contributed by atoms with Gasteiger partial charge < -0.3 is 0 Å². The lowest BCUT2D eigenvalue weighted by Gasteiger charge is -2.42. The number of aryl methyl sites for hydroxylation is 1. The van der Waals surface area contributed by atoms with Crippen LogP contribution in [-0.4, -0.2) is 0 Å². The maximum absolute atomic E-state index is 14.9. The lowest BCUT2D eigenvalue weighted by Crippen LogP contribution is -2.30. The van der Waals surface area contributed by atoms with E-state index in [0.717, 1.165) is 41.7 Å². The van der Waals surface area contributed by atoms with Gasteiger partial charge in [0.2, 0.25) is 0 Å². The van der Waals surface area contributed by atoms with Gasteiger partial charge in [0.1, 0.15) is 11.6 Å². The van der Waals surface area contributed by atoms with Crippen LogP contribution in [0.4, 0.5) is 8.78 Å². The second-order valence-electron chi connectivity index (χ2n) is 9.93. The van der Waals surface area contributed by atoms with Gasteiger partial charge >= 0.3 is 0 Å². The Labute approximate surface area is 181 Å². The van der Waals surface area contributed by atoms with Crippen molar-refractivity contribution < 1.29 is 8.78 Å². The predicted molar refractivity (Wildman–Crippen MR) is 122 cm³/mol. The molecule has 2 saturated carbocycles. The molecule has 2 aromatic rings. The topological polar surface area (TPSA) is 0 Å². The zero-order valence-corrected chi connectivity index (χ0v) is 18.6. The van der Waals surface area contributed by atoms with E-state index in [1.54, 1.807) is 24.3 Å². The van der Waals surface area contributed by atoms with Crippen molar-refractivity contribution >= 4 is 0 Å². The molecule has 4 rings (SSSR count). The van der Waals surface area contributed by atoms with E-state index >= 15 is 0 Å². The normalized spacial score (nSPS) is 26.4. The Balaban J connectivity index is 1.43. The summed E-state index contributed by atoms with van der Waals surface area (Å²) >= 11 is 0. The van der Waals surface area contributed by atoms with Crippen LogP contribution in [0, 0.1) is 36.3 Å². The Morgan fingerprint density at radius 3 is 2.20 bits per heavy atom. The molecule has 0 bridgehead atoms. The summed E-state index contributed by atoms with van der Waals surface area (Å²) < 4.78 is 29.9. The van der Waals surface area contributed by atoms with Gasteiger partial charge in [-0.05, 0) is 86.0 Å². The first-order chi connectivity index (χ1) is 14.5. The maximum Gasteiger partial charge on any atom is 0.134 e. The third-order valence-corrected chi connectivity index (χ3v) is 7.81. The summed E-state index contributed by atoms with van der Waals surface area (Å²) in [7, 11) is 0. The number of rotatable bonds is 6. The van der Waals surface area contributed by atoms with Gasteiger partial charge in [0, 0.05) is 0 Å². The molecule has 2 fully saturated rings. The quantitative estimate of drug-likeness (QED) is 0.417. The average molecular weight is 411 g/mol. The molecule has 0 aliphatic heterocycles. The predicted octanol–water partition coefficient (Wildman–Crippen LogP) is 8.82. The van der Waals surface area contributed by atoms with Gasteiger partial charge in [-0.15, -0.1) is 0 Å². The van der Waals surface area contributed by atoms with Crippen molar-refractivity contribution in [3.8, 4) is 11.1 Å². The van der Waals surface area contributed by atoms with Gasteiger partial charge in [0.25, 0.3) is 0 Å². The second kappa shape index (κ2) is 9.62. The molecule has 0 radical (unpaired) electrons. The third kappa shape index (κ3) is 4.79. The summed E-state index contributed by atoms with van der Waals surface area (Å²) in [5.41, 5.74) is 2.68. The molecular weight excluding hydrogens is 374 g/mol. The van der Waals surface area contributed by atoms with Gasteiger partial charge in [-0.2, -0.15) is 0 Å². The maximum atomic E-state index is 14.9. The molecule has 0 heterocycles. The molecule has 0 amide bonds. The van der Waals surface area contributed by atoms with Crippen molar-refractivity contribution in [2.45, 2.75) is 84.0 Å². The highest BCUT2D eigenvalue weighted by molar-refractivity contribution is 5.65. The fourth-order valence-corrected chi connectivity index (χ4v) is 6.06. The molecular formula is C28H36F2. The van der Waals surface area contributed by atoms with Crippen LogP contribution < -0.4 is 0 Å². The summed E-state index contributed by atoms with van der Waals surface area (Å²) in [4.78, 5) is 0. The lowest BCUT2D eigenvalue weighted by molar-refractivity contribution is 0.113. The summed E-state index contributed by atoms with van der Waals surface area (Å²) in [6.07, 6.45) is 12.9. The lowest BCUT2D eigenvalue weighted by atomic mass is 9.63. The van der Waals surface area contributed by atoms with E-state index in [4.69, 9.17) is 0 Å². The SMILES string of the molecule is CCCCCC1CC[C@@H]2C[C@H](c3cc(F)c(-c4ccc(C)cc4)c(F)c3)CC[C@@H]2C1. The van der Waals surface area contributed by atoms with Crippen LogP contribution in [0.25, 0.3) is 11.1 Å². The van der Waals surface area contributed by atoms with E-state index in [1.165, 1.54) is 51.4 Å². The van der Waals surface area contributed by atoms with Gasteiger partial charge in [-0.25, -0.2) is 8.78 Å². The zero-order valence-electron chi connectivity index (χ0n) is 18.6. The molecule has 2 aromatic carbocycles. The van der Waals surface area contributed by atoms with Crippen molar-refractivity contribution in [3.05, 3.63) is 59.2 Å². The first-order valence-electron chi connectivity index (χ1n) is 12.1. The standard InChI is InChI=1S/C28H36F2/c1-3-4-5-6-20-9-12-23-16-24(14-13-22(23)15-20)25-17-26(29)28(27(30)18-25)21-10-7-19(2)8-11-21/h7-8,10-11,17-18,20,22-24H,3-6,9,12-16H2,1-2H3/t20?,22-,23-,24-/m1/s1. The summed E-state index contributed by atoms with van der Waals surface area (Å²) in [5.74, 6) is 1.96. The molecule has 0 aromatic heterocycles. The highest BCUT2D eigenvalue weighted by Gasteiger charge is 2.36. The van der Waals surface area contributed by atoms with E-state index in [1.807, 2.05) is 19.1 Å². The molecule has 30 heavy (non-hydrogen) atoms. The molecule has 1 unspecified atom stereocenters. The number of benzene rings is 2. The molecule has 0 nitrogen and oxygen atoms in total. The number of fused-ring (bicyclic) bond motifs is 1. The van der Waals surface area contributed by atoms with Crippen LogP contribution in [0.5, 0.6) is 0 Å². The largest absolute Gasteiger partial charge is 0.206 e. The molecule has 2 aliphatic rings. The average Bonchev–Trinajstić information content (AvgIpc) is 2.74. The van der Waals surface area contributed by atoms with Crippen LogP contribution in [0.1, 0.15) is 88.2 Å². The minimum absolute atomic E-state index is 0.111. The van der Waals surface area contributed by atoms with Crippen molar-refractivity contribution in [2.24, 2.45) is 17.8 Å². The molecule has 2 heteroatoms. The Kier molecular flexibility index (Phi) is 6.91. The van der Waals surface area contributed by atoms with Crippen LogP contribution >= 0.6 is 0 Å². The highest BCUT2D eigenvalue weighted by Crippen LogP contribution is 2.48. The Bertz CT molecular complexity index is 815. The molecule has 162 valence electrons. The van der Waals surface area contributed by atoms with E-state index in [2.05, 4.69) is 6.92 Å². The molecule has 0 spiro atoms. The number of halogens is 2. The molecule has 0 saturated heterocycles. The van der Waals surface area contributed by atoms with Gasteiger partial charge in [-0.3, -0.25) is 0 Å². The number of hydrogen-bond donors (Lipinski definition) is 0. The molecule has 2 aliphatic carbocycles. The van der Waals surface area contributed by atoms with E-state index in [9.17, 15) is 8.78 Å². The van der Waals surface area contributed by atoms with Crippen molar-refractivity contribution in [2.75, 3.05) is 0 Å². The van der Waals surface area contributed by atoms with Crippen LogP contribution in [0.3, 0.4) is 0 Å². The van der Waals surface area contributed by atoms with Gasteiger partial charge in [-0.1, -0.05) is 68.9 Å². The fraction of sp³-hybridized carbons (Fsp3) is 0.571. The van der Waals surface area contributed by atoms with Crippen molar-refractivity contribution in [1.29, 1.82) is 0 Å². The van der Waals surface area contributed by atoms with E-state index in [-0.39, 0.29) is 5.56 Å². The Hall–Kier alpha value is -1.70. The first kappa shape index (κ1) is 21.5. The summed E-state index contributed by atoms with van der Waals surface area (Å²) in [6.45, 7) is 4.26. The van der Waals surface area contributed by atoms with E-state index < -0.39 is 11.6 Å². The molecule has 4 atom stereocenters. The fourth-order valence-electron chi connectivity index (χ4n) is 6.06. The third-order valence-electron chi connectivity index (χ3n) is 7.81. The zero-order chi connectivity index (χ0) is 21.1. The smallest absolute Gasteiger partial charge is 0.134 e. The van der Waals surface area contributed by atoms with Crippen molar-refractivity contribution in [3.63, 3.8) is 0 Å². The molecule has 0 N–H and O–H groups in total. The monoisotopic (exact) mass is 410 g/mol. The van der Waals surface area contributed by atoms with Crippen LogP contribution in [-0.2, 0) is 0 Å². The van der Waals surface area contributed by atoms with Crippen LogP contribution in [0.15, 0.2) is 36.4 Å². The summed E-state index contributed by atoms with van der Waals surface area (Å²) in [6, 6.07) is 10.6. The van der Waals surface area contributed by atoms with E-state index in [0.29, 0.717) is 11.5 Å². The van der Waals surface area contributed by atoms with Gasteiger partial charge in [0.05, 0.1) is 5.56 Å². The van der Waals surface area contributed by atoms with Crippen molar-refractivity contribution in [1.82, 2.24) is 0 Å². The number of unbranched alkanes of at least 4 members (excludes halogenated alkanes) is 2. The Morgan fingerprint density at radius 2 is 1.50 bits per heavy atom.